The highest BCUT2D eigenvalue weighted by Gasteiger charge is 2.34. The molecule has 1 fully saturated rings. The van der Waals surface area contributed by atoms with Gasteiger partial charge in [-0.1, -0.05) is 17.7 Å². The van der Waals surface area contributed by atoms with E-state index < -0.39 is 23.6 Å². The van der Waals surface area contributed by atoms with Crippen molar-refractivity contribution in [1.29, 1.82) is 0 Å². The summed E-state index contributed by atoms with van der Waals surface area (Å²) in [6, 6.07) is 5.47. The molecule has 1 aromatic carbocycles. The van der Waals surface area contributed by atoms with Gasteiger partial charge in [0.05, 0.1) is 5.02 Å². The molecule has 2 atom stereocenters. The molecule has 2 N–H and O–H groups in total. The summed E-state index contributed by atoms with van der Waals surface area (Å²) in [5.41, 5.74) is 0.829. The molecular formula is C21H19ClF2N4O2. The van der Waals surface area contributed by atoms with Crippen molar-refractivity contribution in [3.8, 4) is 0 Å². The number of carbonyl (C=O) groups is 2. The van der Waals surface area contributed by atoms with Crippen LogP contribution in [0.1, 0.15) is 29.4 Å². The average molecular weight is 433 g/mol. The summed E-state index contributed by atoms with van der Waals surface area (Å²) < 4.78 is 27.4. The van der Waals surface area contributed by atoms with Crippen LogP contribution in [-0.2, 0) is 11.2 Å². The number of likely N-dealkylation sites (tertiary alicyclic amines) is 1. The molecular weight excluding hydrogens is 414 g/mol. The first-order valence-electron chi connectivity index (χ1n) is 9.51. The number of aromatic amines is 1. The van der Waals surface area contributed by atoms with Gasteiger partial charge in [-0.15, -0.1) is 0 Å². The van der Waals surface area contributed by atoms with Gasteiger partial charge in [0.2, 0.25) is 5.91 Å². The topological polar surface area (TPSA) is 78.1 Å². The third-order valence-corrected chi connectivity index (χ3v) is 5.53. The molecule has 2 aromatic heterocycles. The van der Waals surface area contributed by atoms with Crippen LogP contribution in [-0.4, -0.2) is 45.3 Å². The molecule has 6 nitrogen and oxygen atoms in total. The normalized spacial score (nSPS) is 16.9. The van der Waals surface area contributed by atoms with Crippen molar-refractivity contribution in [3.05, 3.63) is 64.4 Å². The summed E-state index contributed by atoms with van der Waals surface area (Å²) in [6.45, 7) is 2.49. The summed E-state index contributed by atoms with van der Waals surface area (Å²) in [5.74, 6) is -2.30. The van der Waals surface area contributed by atoms with Gasteiger partial charge in [-0.05, 0) is 37.1 Å². The van der Waals surface area contributed by atoms with E-state index in [9.17, 15) is 18.4 Å². The molecule has 156 valence electrons. The zero-order valence-corrected chi connectivity index (χ0v) is 16.8. The smallest absolute Gasteiger partial charge is 0.268 e. The Bertz CT molecular complexity index is 1130. The second-order valence-corrected chi connectivity index (χ2v) is 7.85. The van der Waals surface area contributed by atoms with Gasteiger partial charge in [-0.2, -0.15) is 0 Å². The van der Waals surface area contributed by atoms with Crippen LogP contribution in [0.25, 0.3) is 11.0 Å². The van der Waals surface area contributed by atoms with Crippen molar-refractivity contribution >= 4 is 34.4 Å². The zero-order valence-electron chi connectivity index (χ0n) is 16.1. The molecule has 1 unspecified atom stereocenters. The summed E-state index contributed by atoms with van der Waals surface area (Å²) >= 11 is 5.93. The molecule has 0 radical (unpaired) electrons. The maximum Gasteiger partial charge on any atom is 0.268 e. The van der Waals surface area contributed by atoms with Crippen molar-refractivity contribution in [2.75, 3.05) is 6.54 Å². The minimum Gasteiger partial charge on any atom is -0.339 e. The first-order chi connectivity index (χ1) is 14.3. The number of nitrogens with one attached hydrogen (secondary N) is 2. The summed E-state index contributed by atoms with van der Waals surface area (Å²) in [6.07, 6.45) is 2.23. The maximum atomic E-state index is 14.2. The highest BCUT2D eigenvalue weighted by molar-refractivity contribution is 6.31. The molecule has 0 aliphatic carbocycles. The molecule has 9 heteroatoms. The number of rotatable bonds is 5. The second kappa shape index (κ2) is 8.02. The van der Waals surface area contributed by atoms with Gasteiger partial charge in [-0.3, -0.25) is 9.59 Å². The quantitative estimate of drug-likeness (QED) is 0.648. The third kappa shape index (κ3) is 4.00. The number of halogens is 3. The van der Waals surface area contributed by atoms with Crippen LogP contribution in [0.5, 0.6) is 0 Å². The van der Waals surface area contributed by atoms with Crippen LogP contribution in [0, 0.1) is 11.6 Å². The van der Waals surface area contributed by atoms with Crippen LogP contribution in [0.4, 0.5) is 8.78 Å². The number of nitrogens with zero attached hydrogens (tertiary/aromatic N) is 2. The number of pyridine rings is 1. The van der Waals surface area contributed by atoms with Crippen LogP contribution >= 0.6 is 11.6 Å². The van der Waals surface area contributed by atoms with Gasteiger partial charge in [0.1, 0.15) is 29.0 Å². The lowest BCUT2D eigenvalue weighted by molar-refractivity contribution is -0.140. The number of aromatic nitrogens is 2. The Hall–Kier alpha value is -3.00. The zero-order chi connectivity index (χ0) is 21.4. The standard InChI is InChI=1S/C21H19ClF2N4O2/c1-11-4-5-28(11)21(30)18(7-12-2-3-15(23)9-16(12)24)27-20(29)17-8-13-6-14(22)10-25-19(13)26-17/h2-3,6,8-11,18H,4-5,7H2,1H3,(H,25,26)(H,27,29)/t11?,18-/m0/s1. The van der Waals surface area contributed by atoms with Crippen LogP contribution in [0.2, 0.25) is 5.02 Å². The lowest BCUT2D eigenvalue weighted by Crippen LogP contribution is -2.57. The molecule has 2 amide bonds. The minimum absolute atomic E-state index is 0.0504. The lowest BCUT2D eigenvalue weighted by Gasteiger charge is -2.40. The van der Waals surface area contributed by atoms with E-state index in [2.05, 4.69) is 15.3 Å². The van der Waals surface area contributed by atoms with Crippen LogP contribution < -0.4 is 5.32 Å². The predicted molar refractivity (Wildman–Crippen MR) is 108 cm³/mol. The van der Waals surface area contributed by atoms with E-state index in [0.717, 1.165) is 18.6 Å². The van der Waals surface area contributed by atoms with Gasteiger partial charge < -0.3 is 15.2 Å². The fourth-order valence-electron chi connectivity index (χ4n) is 3.50. The molecule has 3 aromatic rings. The van der Waals surface area contributed by atoms with E-state index in [-0.39, 0.29) is 29.6 Å². The number of hydrogen-bond donors (Lipinski definition) is 2. The van der Waals surface area contributed by atoms with Gasteiger partial charge in [0.25, 0.3) is 5.91 Å². The van der Waals surface area contributed by atoms with Crippen molar-refractivity contribution < 1.29 is 18.4 Å². The molecule has 1 aliphatic rings. The van der Waals surface area contributed by atoms with E-state index in [4.69, 9.17) is 11.6 Å². The molecule has 0 bridgehead atoms. The molecule has 1 aliphatic heterocycles. The Morgan fingerprint density at radius 3 is 2.80 bits per heavy atom. The molecule has 0 spiro atoms. The molecule has 3 heterocycles. The maximum absolute atomic E-state index is 14.2. The highest BCUT2D eigenvalue weighted by atomic mass is 35.5. The van der Waals surface area contributed by atoms with Crippen LogP contribution in [0.3, 0.4) is 0 Å². The number of fused-ring (bicyclic) bond motifs is 1. The SMILES string of the molecule is CC1CCN1C(=O)[C@H](Cc1ccc(F)cc1F)NC(=O)c1cc2cc(Cl)cnc2[nH]1. The van der Waals surface area contributed by atoms with E-state index >= 15 is 0 Å². The Balaban J connectivity index is 1.59. The second-order valence-electron chi connectivity index (χ2n) is 7.41. The molecule has 4 rings (SSSR count). The first kappa shape index (κ1) is 20.3. The van der Waals surface area contributed by atoms with Gasteiger partial charge in [0, 0.05) is 36.7 Å². The van der Waals surface area contributed by atoms with E-state index in [0.29, 0.717) is 22.6 Å². The highest BCUT2D eigenvalue weighted by Crippen LogP contribution is 2.21. The average Bonchev–Trinajstić information content (AvgIpc) is 3.11. The van der Waals surface area contributed by atoms with E-state index in [1.165, 1.54) is 12.3 Å². The first-order valence-corrected chi connectivity index (χ1v) is 9.89. The largest absolute Gasteiger partial charge is 0.339 e. The number of carbonyl (C=O) groups excluding carboxylic acids is 2. The lowest BCUT2D eigenvalue weighted by atomic mass is 9.99. The molecule has 30 heavy (non-hydrogen) atoms. The number of amides is 2. The Kier molecular flexibility index (Phi) is 5.42. The van der Waals surface area contributed by atoms with E-state index in [1.54, 1.807) is 17.0 Å². The Morgan fingerprint density at radius 2 is 2.13 bits per heavy atom. The molecule has 0 saturated carbocycles. The summed E-state index contributed by atoms with van der Waals surface area (Å²) in [5, 5.41) is 3.77. The third-order valence-electron chi connectivity index (χ3n) is 5.33. The fourth-order valence-corrected chi connectivity index (χ4v) is 3.66. The number of H-pyrrole nitrogens is 1. The summed E-state index contributed by atoms with van der Waals surface area (Å²) in [4.78, 5) is 34.4. The van der Waals surface area contributed by atoms with Gasteiger partial charge in [0.15, 0.2) is 0 Å². The van der Waals surface area contributed by atoms with Crippen LogP contribution in [0.15, 0.2) is 36.5 Å². The molecule has 1 saturated heterocycles. The van der Waals surface area contributed by atoms with Crippen molar-refractivity contribution in [3.63, 3.8) is 0 Å². The van der Waals surface area contributed by atoms with Crippen molar-refractivity contribution in [2.45, 2.75) is 31.8 Å². The van der Waals surface area contributed by atoms with Crippen molar-refractivity contribution in [2.24, 2.45) is 0 Å². The Morgan fingerprint density at radius 1 is 1.33 bits per heavy atom. The summed E-state index contributed by atoms with van der Waals surface area (Å²) in [7, 11) is 0. The van der Waals surface area contributed by atoms with Gasteiger partial charge >= 0.3 is 0 Å². The predicted octanol–water partition coefficient (Wildman–Crippen LogP) is 3.46. The van der Waals surface area contributed by atoms with E-state index in [1.807, 2.05) is 6.92 Å². The van der Waals surface area contributed by atoms with Crippen molar-refractivity contribution in [1.82, 2.24) is 20.2 Å². The fraction of sp³-hybridized carbons (Fsp3) is 0.286. The van der Waals surface area contributed by atoms with Gasteiger partial charge in [-0.25, -0.2) is 13.8 Å². The minimum atomic E-state index is -0.997. The Labute approximate surface area is 176 Å². The number of hydrogen-bond acceptors (Lipinski definition) is 3. The number of benzene rings is 1. The monoisotopic (exact) mass is 432 g/mol.